The second-order valence-electron chi connectivity index (χ2n) is 5.23. The summed E-state index contributed by atoms with van der Waals surface area (Å²) in [4.78, 5) is 6.96. The molecule has 3 atom stereocenters. The fourth-order valence-electron chi connectivity index (χ4n) is 3.24. The van der Waals surface area contributed by atoms with Gasteiger partial charge in [0.1, 0.15) is 11.6 Å². The summed E-state index contributed by atoms with van der Waals surface area (Å²) in [5, 5.41) is 16.9. The number of rotatable bonds is 3. The predicted octanol–water partition coefficient (Wildman–Crippen LogP) is 0.855. The number of aliphatic hydroxyl groups excluding tert-OH is 1. The Morgan fingerprint density at radius 1 is 1.35 bits per heavy atom. The van der Waals surface area contributed by atoms with Crippen molar-refractivity contribution < 1.29 is 5.11 Å². The maximum Gasteiger partial charge on any atom is 0.150 e. The zero-order valence-electron chi connectivity index (χ0n) is 10.3. The van der Waals surface area contributed by atoms with Crippen LogP contribution in [0, 0.1) is 0 Å². The van der Waals surface area contributed by atoms with Gasteiger partial charge in [-0.3, -0.25) is 10.00 Å². The van der Waals surface area contributed by atoms with Crippen molar-refractivity contribution in [3.63, 3.8) is 0 Å². The molecule has 0 aromatic carbocycles. The van der Waals surface area contributed by atoms with Gasteiger partial charge in [0.05, 0.1) is 12.6 Å². The maximum absolute atomic E-state index is 9.75. The Kier molecular flexibility index (Phi) is 2.88. The lowest BCUT2D eigenvalue weighted by Crippen LogP contribution is -2.44. The molecule has 3 heterocycles. The Hall–Kier alpha value is -0.940. The van der Waals surface area contributed by atoms with Gasteiger partial charge in [0.25, 0.3) is 0 Å². The van der Waals surface area contributed by atoms with Gasteiger partial charge in [-0.25, -0.2) is 4.98 Å². The number of aromatic nitrogens is 3. The Morgan fingerprint density at radius 2 is 2.06 bits per heavy atom. The van der Waals surface area contributed by atoms with Crippen molar-refractivity contribution in [2.24, 2.45) is 0 Å². The molecule has 2 fully saturated rings. The summed E-state index contributed by atoms with van der Waals surface area (Å²) >= 11 is 0. The summed E-state index contributed by atoms with van der Waals surface area (Å²) in [6, 6.07) is 1.08. The van der Waals surface area contributed by atoms with E-state index < -0.39 is 0 Å². The number of aliphatic hydroxyl groups is 1. The summed E-state index contributed by atoms with van der Waals surface area (Å²) < 4.78 is 0. The smallest absolute Gasteiger partial charge is 0.150 e. The summed E-state index contributed by atoms with van der Waals surface area (Å²) in [5.74, 6) is 1.86. The molecule has 17 heavy (non-hydrogen) atoms. The molecule has 0 saturated carbocycles. The minimum atomic E-state index is -0.0929. The number of aryl methyl sites for hydroxylation is 1. The third-order valence-corrected chi connectivity index (χ3v) is 4.09. The molecule has 2 N–H and O–H groups in total. The molecule has 3 rings (SSSR count). The van der Waals surface area contributed by atoms with Crippen molar-refractivity contribution in [1.29, 1.82) is 0 Å². The van der Waals surface area contributed by atoms with Crippen molar-refractivity contribution in [2.45, 2.75) is 63.8 Å². The Balaban J connectivity index is 1.69. The van der Waals surface area contributed by atoms with Crippen LogP contribution >= 0.6 is 0 Å². The molecule has 0 aliphatic carbocycles. The number of hydrogen-bond donors (Lipinski definition) is 2. The highest BCUT2D eigenvalue weighted by molar-refractivity contribution is 4.98. The van der Waals surface area contributed by atoms with Crippen LogP contribution in [0.2, 0.25) is 0 Å². The highest BCUT2D eigenvalue weighted by Gasteiger charge is 2.40. The summed E-state index contributed by atoms with van der Waals surface area (Å²) in [6.07, 6.45) is 5.07. The van der Waals surface area contributed by atoms with E-state index in [1.54, 1.807) is 0 Å². The first-order chi connectivity index (χ1) is 8.26. The van der Waals surface area contributed by atoms with Gasteiger partial charge in [0, 0.05) is 18.5 Å². The van der Waals surface area contributed by atoms with E-state index >= 15 is 0 Å². The molecular formula is C12H20N4O. The lowest BCUT2D eigenvalue weighted by molar-refractivity contribution is 0.0297. The second-order valence-corrected chi connectivity index (χ2v) is 5.23. The van der Waals surface area contributed by atoms with Gasteiger partial charge in [-0.1, -0.05) is 6.92 Å². The predicted molar refractivity (Wildman–Crippen MR) is 63.4 cm³/mol. The van der Waals surface area contributed by atoms with Crippen LogP contribution in [0.15, 0.2) is 0 Å². The van der Waals surface area contributed by atoms with Crippen LogP contribution in [0.1, 0.15) is 44.3 Å². The molecule has 1 aromatic heterocycles. The van der Waals surface area contributed by atoms with Crippen molar-refractivity contribution in [2.75, 3.05) is 0 Å². The molecular weight excluding hydrogens is 216 g/mol. The third kappa shape index (κ3) is 2.09. The topological polar surface area (TPSA) is 65.0 Å². The average Bonchev–Trinajstić information content (AvgIpc) is 2.85. The molecule has 5 heteroatoms. The van der Waals surface area contributed by atoms with Gasteiger partial charge in [-0.2, -0.15) is 5.10 Å². The third-order valence-electron chi connectivity index (χ3n) is 4.09. The van der Waals surface area contributed by atoms with Gasteiger partial charge < -0.3 is 5.11 Å². The number of H-pyrrole nitrogens is 1. The number of fused-ring (bicyclic) bond motifs is 2. The first kappa shape index (κ1) is 11.2. The van der Waals surface area contributed by atoms with Crippen molar-refractivity contribution in [3.05, 3.63) is 11.6 Å². The normalized spacial score (nSPS) is 33.2. The standard InChI is InChI=1S/C12H20N4O/c1-2-11-13-12(15-14-11)7-16-8-3-4-9(16)6-10(17)5-8/h8-10,17H,2-7H2,1H3,(H,13,14,15)/t8-,9+,10?. The van der Waals surface area contributed by atoms with Gasteiger partial charge >= 0.3 is 0 Å². The zero-order valence-corrected chi connectivity index (χ0v) is 10.3. The first-order valence-corrected chi connectivity index (χ1v) is 6.60. The quantitative estimate of drug-likeness (QED) is 0.817. The van der Waals surface area contributed by atoms with Gasteiger partial charge in [-0.15, -0.1) is 0 Å². The maximum atomic E-state index is 9.75. The zero-order chi connectivity index (χ0) is 11.8. The minimum absolute atomic E-state index is 0.0929. The van der Waals surface area contributed by atoms with Crippen LogP contribution in [0.25, 0.3) is 0 Å². The molecule has 0 spiro atoms. The number of nitrogens with one attached hydrogen (secondary N) is 1. The fraction of sp³-hybridized carbons (Fsp3) is 0.833. The molecule has 5 nitrogen and oxygen atoms in total. The van der Waals surface area contributed by atoms with E-state index in [2.05, 4.69) is 27.0 Å². The molecule has 2 aliphatic rings. The van der Waals surface area contributed by atoms with Crippen molar-refractivity contribution >= 4 is 0 Å². The number of hydrogen-bond acceptors (Lipinski definition) is 4. The SMILES string of the molecule is CCc1n[nH]c(CN2[C@@H]3CC[C@H]2CC(O)C3)n1. The van der Waals surface area contributed by atoms with Crippen LogP contribution in [0.3, 0.4) is 0 Å². The number of aromatic amines is 1. The molecule has 2 aliphatic heterocycles. The molecule has 1 aromatic rings. The Morgan fingerprint density at radius 3 is 2.65 bits per heavy atom. The van der Waals surface area contributed by atoms with Crippen molar-refractivity contribution in [1.82, 2.24) is 20.1 Å². The molecule has 2 saturated heterocycles. The van der Waals surface area contributed by atoms with E-state index in [1.165, 1.54) is 12.8 Å². The average molecular weight is 236 g/mol. The van der Waals surface area contributed by atoms with Crippen LogP contribution in [0.5, 0.6) is 0 Å². The molecule has 94 valence electrons. The van der Waals surface area contributed by atoms with Gasteiger partial charge in [0.2, 0.25) is 0 Å². The van der Waals surface area contributed by atoms with E-state index in [9.17, 15) is 5.11 Å². The second kappa shape index (κ2) is 4.38. The highest BCUT2D eigenvalue weighted by atomic mass is 16.3. The first-order valence-electron chi connectivity index (χ1n) is 6.60. The minimum Gasteiger partial charge on any atom is -0.393 e. The monoisotopic (exact) mass is 236 g/mol. The van der Waals surface area contributed by atoms with E-state index in [1.807, 2.05) is 0 Å². The van der Waals surface area contributed by atoms with Crippen LogP contribution < -0.4 is 0 Å². The molecule has 1 unspecified atom stereocenters. The Bertz CT molecular complexity index is 378. The largest absolute Gasteiger partial charge is 0.393 e. The summed E-state index contributed by atoms with van der Waals surface area (Å²) in [5.41, 5.74) is 0. The molecule has 0 amide bonds. The lowest BCUT2D eigenvalue weighted by Gasteiger charge is -2.36. The van der Waals surface area contributed by atoms with E-state index in [0.717, 1.165) is 37.5 Å². The van der Waals surface area contributed by atoms with Crippen LogP contribution in [-0.4, -0.2) is 43.4 Å². The molecule has 2 bridgehead atoms. The summed E-state index contributed by atoms with van der Waals surface area (Å²) in [6.45, 7) is 2.92. The number of nitrogens with zero attached hydrogens (tertiary/aromatic N) is 3. The van der Waals surface area contributed by atoms with E-state index in [-0.39, 0.29) is 6.10 Å². The fourth-order valence-corrected chi connectivity index (χ4v) is 3.24. The number of piperidine rings is 1. The van der Waals surface area contributed by atoms with Gasteiger partial charge in [0.15, 0.2) is 0 Å². The van der Waals surface area contributed by atoms with Crippen molar-refractivity contribution in [3.8, 4) is 0 Å². The van der Waals surface area contributed by atoms with Crippen LogP contribution in [0.4, 0.5) is 0 Å². The van der Waals surface area contributed by atoms with E-state index in [0.29, 0.717) is 12.1 Å². The Labute approximate surface area is 101 Å². The lowest BCUT2D eigenvalue weighted by atomic mass is 10.00. The highest BCUT2D eigenvalue weighted by Crippen LogP contribution is 2.36. The summed E-state index contributed by atoms with van der Waals surface area (Å²) in [7, 11) is 0. The van der Waals surface area contributed by atoms with E-state index in [4.69, 9.17) is 0 Å². The van der Waals surface area contributed by atoms with Gasteiger partial charge in [-0.05, 0) is 25.7 Å². The van der Waals surface area contributed by atoms with Crippen LogP contribution in [-0.2, 0) is 13.0 Å². The molecule has 0 radical (unpaired) electrons.